The fourth-order valence-electron chi connectivity index (χ4n) is 4.17. The highest BCUT2D eigenvalue weighted by molar-refractivity contribution is 5.85. The average molecular weight is 387 g/mol. The highest BCUT2D eigenvalue weighted by Crippen LogP contribution is 2.46. The Labute approximate surface area is 168 Å². The lowest BCUT2D eigenvalue weighted by Gasteiger charge is -2.40. The van der Waals surface area contributed by atoms with Crippen LogP contribution in [0.4, 0.5) is 0 Å². The van der Waals surface area contributed by atoms with Crippen molar-refractivity contribution < 1.29 is 9.53 Å². The summed E-state index contributed by atoms with van der Waals surface area (Å²) in [5.74, 6) is 1.56. The van der Waals surface area contributed by atoms with Crippen LogP contribution in [0.3, 0.4) is 0 Å². The molecule has 2 aliphatic rings. The topological polar surface area (TPSA) is 74.8 Å². The molecule has 1 fully saturated rings. The van der Waals surface area contributed by atoms with Crippen LogP contribution in [-0.4, -0.2) is 36.1 Å². The maximum absolute atomic E-state index is 12.2. The van der Waals surface area contributed by atoms with Crippen molar-refractivity contribution in [2.45, 2.75) is 77.0 Å². The molecule has 0 aromatic heterocycles. The fraction of sp³-hybridized carbons (Fsp3) is 0.636. The van der Waals surface area contributed by atoms with E-state index in [2.05, 4.69) is 33.1 Å². The van der Waals surface area contributed by atoms with Crippen molar-refractivity contribution in [1.29, 1.82) is 0 Å². The van der Waals surface area contributed by atoms with E-state index in [1.807, 2.05) is 39.8 Å². The van der Waals surface area contributed by atoms with Gasteiger partial charge >= 0.3 is 0 Å². The number of rotatable bonds is 4. The number of aliphatic imine (C=N–C) groups is 1. The van der Waals surface area contributed by atoms with Crippen molar-refractivity contribution in [3.05, 3.63) is 29.8 Å². The van der Waals surface area contributed by atoms with Gasteiger partial charge in [-0.1, -0.05) is 18.2 Å². The van der Waals surface area contributed by atoms with Gasteiger partial charge in [-0.25, -0.2) is 4.99 Å². The van der Waals surface area contributed by atoms with E-state index in [1.54, 1.807) is 0 Å². The summed E-state index contributed by atoms with van der Waals surface area (Å²) in [6.45, 7) is 8.78. The SMILES string of the molecule is CCNC(=NCC(=O)NC(C)(C)C)NC1CC2(CCCC2)Oc2ccccc21. The molecule has 0 saturated heterocycles. The monoisotopic (exact) mass is 386 g/mol. The summed E-state index contributed by atoms with van der Waals surface area (Å²) >= 11 is 0. The molecule has 1 aromatic rings. The van der Waals surface area contributed by atoms with Gasteiger partial charge in [-0.15, -0.1) is 0 Å². The molecule has 1 saturated carbocycles. The maximum Gasteiger partial charge on any atom is 0.242 e. The predicted molar refractivity (Wildman–Crippen MR) is 113 cm³/mol. The van der Waals surface area contributed by atoms with E-state index in [0.717, 1.165) is 37.1 Å². The number of hydrogen-bond acceptors (Lipinski definition) is 3. The zero-order valence-corrected chi connectivity index (χ0v) is 17.6. The van der Waals surface area contributed by atoms with Gasteiger partial charge in [0, 0.05) is 24.1 Å². The summed E-state index contributed by atoms with van der Waals surface area (Å²) in [4.78, 5) is 16.7. The Morgan fingerprint density at radius 1 is 1.25 bits per heavy atom. The standard InChI is InChI=1S/C22H34N4O2/c1-5-23-20(24-15-19(27)26-21(2,3)4)25-17-14-22(12-8-9-13-22)28-18-11-7-6-10-16(17)18/h6-7,10-11,17H,5,8-9,12-15H2,1-4H3,(H,26,27)(H2,23,24,25). The van der Waals surface area contributed by atoms with E-state index < -0.39 is 0 Å². The Balaban J connectivity index is 1.76. The molecule has 1 unspecified atom stereocenters. The van der Waals surface area contributed by atoms with Crippen LogP contribution in [0.15, 0.2) is 29.3 Å². The molecule has 3 rings (SSSR count). The maximum atomic E-state index is 12.2. The summed E-state index contributed by atoms with van der Waals surface area (Å²) in [7, 11) is 0. The zero-order chi connectivity index (χ0) is 20.2. The Bertz CT molecular complexity index is 717. The number of benzene rings is 1. The van der Waals surface area contributed by atoms with Gasteiger partial charge in [0.2, 0.25) is 5.91 Å². The predicted octanol–water partition coefficient (Wildman–Crippen LogP) is 3.29. The van der Waals surface area contributed by atoms with Gasteiger partial charge in [-0.2, -0.15) is 0 Å². The first kappa shape index (κ1) is 20.5. The number of guanidine groups is 1. The van der Waals surface area contributed by atoms with Gasteiger partial charge in [0.05, 0.1) is 6.04 Å². The van der Waals surface area contributed by atoms with Crippen LogP contribution >= 0.6 is 0 Å². The third kappa shape index (κ3) is 5.18. The van der Waals surface area contributed by atoms with Crippen molar-refractivity contribution >= 4 is 11.9 Å². The molecule has 1 spiro atoms. The van der Waals surface area contributed by atoms with Gasteiger partial charge in [-0.05, 0) is 59.4 Å². The third-order valence-electron chi connectivity index (χ3n) is 5.26. The molecule has 1 aromatic carbocycles. The van der Waals surface area contributed by atoms with Crippen LogP contribution in [0.1, 0.15) is 71.4 Å². The molecule has 154 valence electrons. The fourth-order valence-corrected chi connectivity index (χ4v) is 4.17. The normalized spacial score (nSPS) is 21.0. The number of hydrogen-bond donors (Lipinski definition) is 3. The molecule has 1 amide bonds. The van der Waals surface area contributed by atoms with E-state index in [4.69, 9.17) is 4.74 Å². The second kappa shape index (κ2) is 8.41. The number of carbonyl (C=O) groups is 1. The lowest BCUT2D eigenvalue weighted by atomic mass is 9.86. The van der Waals surface area contributed by atoms with E-state index in [-0.39, 0.29) is 29.6 Å². The summed E-state index contributed by atoms with van der Waals surface area (Å²) in [6, 6.07) is 8.37. The van der Waals surface area contributed by atoms with Gasteiger partial charge in [-0.3, -0.25) is 4.79 Å². The van der Waals surface area contributed by atoms with Crippen LogP contribution in [0.2, 0.25) is 0 Å². The number of amides is 1. The minimum Gasteiger partial charge on any atom is -0.487 e. The van der Waals surface area contributed by atoms with Gasteiger partial charge in [0.25, 0.3) is 0 Å². The third-order valence-corrected chi connectivity index (χ3v) is 5.26. The van der Waals surface area contributed by atoms with Crippen molar-refractivity contribution in [3.63, 3.8) is 0 Å². The highest BCUT2D eigenvalue weighted by Gasteiger charge is 2.43. The second-order valence-electron chi connectivity index (χ2n) is 8.92. The highest BCUT2D eigenvalue weighted by atomic mass is 16.5. The molecule has 6 heteroatoms. The Morgan fingerprint density at radius 3 is 2.64 bits per heavy atom. The number of nitrogens with zero attached hydrogens (tertiary/aromatic N) is 1. The Kier molecular flexibility index (Phi) is 6.16. The van der Waals surface area contributed by atoms with Crippen molar-refractivity contribution in [1.82, 2.24) is 16.0 Å². The summed E-state index contributed by atoms with van der Waals surface area (Å²) in [6.07, 6.45) is 5.55. The molecule has 1 heterocycles. The first-order chi connectivity index (χ1) is 13.3. The largest absolute Gasteiger partial charge is 0.487 e. The number of carbonyl (C=O) groups excluding carboxylic acids is 1. The Morgan fingerprint density at radius 2 is 1.96 bits per heavy atom. The molecule has 1 aliphatic heterocycles. The molecule has 1 atom stereocenters. The molecule has 6 nitrogen and oxygen atoms in total. The quantitative estimate of drug-likeness (QED) is 0.548. The van der Waals surface area contributed by atoms with E-state index >= 15 is 0 Å². The molecule has 3 N–H and O–H groups in total. The van der Waals surface area contributed by atoms with Crippen molar-refractivity contribution in [3.8, 4) is 5.75 Å². The molecular formula is C22H34N4O2. The first-order valence-corrected chi connectivity index (χ1v) is 10.4. The summed E-state index contributed by atoms with van der Waals surface area (Å²) in [5, 5.41) is 9.79. The van der Waals surface area contributed by atoms with Gasteiger partial charge < -0.3 is 20.7 Å². The van der Waals surface area contributed by atoms with Crippen molar-refractivity contribution in [2.75, 3.05) is 13.1 Å². The number of para-hydroxylation sites is 1. The minimum absolute atomic E-state index is 0.0764. The Hall–Kier alpha value is -2.24. The molecular weight excluding hydrogens is 352 g/mol. The van der Waals surface area contributed by atoms with Crippen molar-refractivity contribution in [2.24, 2.45) is 4.99 Å². The van der Waals surface area contributed by atoms with E-state index in [9.17, 15) is 4.79 Å². The molecule has 28 heavy (non-hydrogen) atoms. The average Bonchev–Trinajstić information content (AvgIpc) is 3.06. The van der Waals surface area contributed by atoms with Gasteiger partial charge in [0.1, 0.15) is 17.9 Å². The van der Waals surface area contributed by atoms with E-state index in [1.165, 1.54) is 12.8 Å². The minimum atomic E-state index is -0.257. The second-order valence-corrected chi connectivity index (χ2v) is 8.92. The molecule has 1 aliphatic carbocycles. The zero-order valence-electron chi connectivity index (χ0n) is 17.6. The van der Waals surface area contributed by atoms with Crippen LogP contribution in [0, 0.1) is 0 Å². The summed E-state index contributed by atoms with van der Waals surface area (Å²) in [5.41, 5.74) is 0.824. The lowest BCUT2D eigenvalue weighted by molar-refractivity contribution is -0.121. The van der Waals surface area contributed by atoms with Gasteiger partial charge in [0.15, 0.2) is 5.96 Å². The number of ether oxygens (including phenoxy) is 1. The van der Waals surface area contributed by atoms with Crippen LogP contribution in [0.5, 0.6) is 5.75 Å². The first-order valence-electron chi connectivity index (χ1n) is 10.4. The molecule has 0 bridgehead atoms. The number of fused-ring (bicyclic) bond motifs is 1. The smallest absolute Gasteiger partial charge is 0.242 e. The van der Waals surface area contributed by atoms with E-state index in [0.29, 0.717) is 5.96 Å². The molecule has 0 radical (unpaired) electrons. The van der Waals surface area contributed by atoms with Crippen LogP contribution in [0.25, 0.3) is 0 Å². The van der Waals surface area contributed by atoms with Crippen LogP contribution in [-0.2, 0) is 4.79 Å². The summed E-state index contributed by atoms with van der Waals surface area (Å²) < 4.78 is 6.44. The lowest BCUT2D eigenvalue weighted by Crippen LogP contribution is -2.47. The number of nitrogens with one attached hydrogen (secondary N) is 3. The van der Waals surface area contributed by atoms with Crippen LogP contribution < -0.4 is 20.7 Å².